The van der Waals surface area contributed by atoms with Crippen molar-refractivity contribution < 1.29 is 23.1 Å². The average Bonchev–Trinajstić information content (AvgIpc) is 3.26. The molecule has 0 saturated heterocycles. The summed E-state index contributed by atoms with van der Waals surface area (Å²) in [4.78, 5) is 26.4. The standard InChI is InChI=1S/C22H27F3N8O2/c1-14(2)18-19(29-21(30-20(18)35)32-7-5-26-13-32)15-9-28-33(10-15)11-17(34)27-6-8-31(16-3-4-16)12-22(23,24)25/h5,7,9-10,13-14,16H,3-4,6,8,11-12H2,1-2H3,(H,27,34)(H,29,30,35). The first-order chi connectivity index (χ1) is 16.6. The smallest absolute Gasteiger partial charge is 0.401 e. The van der Waals surface area contributed by atoms with Crippen molar-refractivity contribution in [3.8, 4) is 23.1 Å². The molecule has 1 saturated carbocycles. The lowest BCUT2D eigenvalue weighted by atomic mass is 9.99. The number of alkyl halides is 3. The Hall–Kier alpha value is -3.48. The lowest BCUT2D eigenvalue weighted by Gasteiger charge is -2.23. The monoisotopic (exact) mass is 492 g/mol. The number of aromatic hydroxyl groups is 1. The molecule has 1 amide bonds. The molecule has 0 unspecified atom stereocenters. The van der Waals surface area contributed by atoms with Crippen LogP contribution in [0.1, 0.15) is 38.2 Å². The van der Waals surface area contributed by atoms with E-state index in [1.165, 1.54) is 22.1 Å². The molecule has 4 rings (SSSR count). The van der Waals surface area contributed by atoms with Gasteiger partial charge in [0.15, 0.2) is 0 Å². The molecule has 3 aromatic heterocycles. The van der Waals surface area contributed by atoms with Gasteiger partial charge in [0.05, 0.1) is 18.4 Å². The van der Waals surface area contributed by atoms with E-state index in [1.54, 1.807) is 23.2 Å². The Labute approximate surface area is 199 Å². The van der Waals surface area contributed by atoms with Gasteiger partial charge in [0.25, 0.3) is 0 Å². The number of aromatic nitrogens is 6. The first-order valence-electron chi connectivity index (χ1n) is 11.3. The fourth-order valence-corrected chi connectivity index (χ4v) is 3.87. The Kier molecular flexibility index (Phi) is 7.05. The second-order valence-electron chi connectivity index (χ2n) is 8.83. The van der Waals surface area contributed by atoms with E-state index >= 15 is 0 Å². The lowest BCUT2D eigenvalue weighted by molar-refractivity contribution is -0.147. The zero-order valence-corrected chi connectivity index (χ0v) is 19.4. The maximum atomic E-state index is 12.7. The molecular weight excluding hydrogens is 465 g/mol. The van der Waals surface area contributed by atoms with Gasteiger partial charge in [-0.1, -0.05) is 13.8 Å². The molecule has 10 nitrogen and oxygen atoms in total. The van der Waals surface area contributed by atoms with Crippen molar-refractivity contribution in [1.82, 2.24) is 39.5 Å². The third-order valence-electron chi connectivity index (χ3n) is 5.61. The second kappa shape index (κ2) is 10.0. The van der Waals surface area contributed by atoms with Crippen molar-refractivity contribution in [2.24, 2.45) is 0 Å². The summed E-state index contributed by atoms with van der Waals surface area (Å²) < 4.78 is 41.2. The molecule has 0 atom stereocenters. The Morgan fingerprint density at radius 1 is 1.31 bits per heavy atom. The van der Waals surface area contributed by atoms with Gasteiger partial charge in [0.2, 0.25) is 17.7 Å². The van der Waals surface area contributed by atoms with Gasteiger partial charge >= 0.3 is 6.18 Å². The van der Waals surface area contributed by atoms with Gasteiger partial charge in [-0.2, -0.15) is 23.3 Å². The van der Waals surface area contributed by atoms with Crippen LogP contribution in [0.3, 0.4) is 0 Å². The van der Waals surface area contributed by atoms with Crippen molar-refractivity contribution in [2.75, 3.05) is 19.6 Å². The zero-order chi connectivity index (χ0) is 25.2. The van der Waals surface area contributed by atoms with Crippen LogP contribution in [0.15, 0.2) is 31.1 Å². The Balaban J connectivity index is 1.42. The van der Waals surface area contributed by atoms with Crippen molar-refractivity contribution in [3.05, 3.63) is 36.7 Å². The van der Waals surface area contributed by atoms with Gasteiger partial charge in [-0.3, -0.25) is 18.9 Å². The number of carbonyl (C=O) groups excluding carboxylic acids is 1. The number of imidazole rings is 1. The van der Waals surface area contributed by atoms with E-state index in [9.17, 15) is 23.1 Å². The highest BCUT2D eigenvalue weighted by Crippen LogP contribution is 2.33. The van der Waals surface area contributed by atoms with Gasteiger partial charge in [0.1, 0.15) is 12.9 Å². The molecule has 188 valence electrons. The van der Waals surface area contributed by atoms with E-state index < -0.39 is 12.7 Å². The molecule has 13 heteroatoms. The van der Waals surface area contributed by atoms with Crippen LogP contribution < -0.4 is 5.32 Å². The minimum absolute atomic E-state index is 0.0613. The minimum Gasteiger partial charge on any atom is -0.493 e. The molecule has 0 radical (unpaired) electrons. The van der Waals surface area contributed by atoms with Crippen LogP contribution >= 0.6 is 0 Å². The number of nitrogens with zero attached hydrogens (tertiary/aromatic N) is 7. The molecule has 1 aliphatic carbocycles. The van der Waals surface area contributed by atoms with Crippen molar-refractivity contribution in [2.45, 2.75) is 51.4 Å². The van der Waals surface area contributed by atoms with Gasteiger partial charge < -0.3 is 10.4 Å². The highest BCUT2D eigenvalue weighted by Gasteiger charge is 2.37. The van der Waals surface area contributed by atoms with E-state index in [0.717, 1.165) is 12.8 Å². The van der Waals surface area contributed by atoms with Crippen LogP contribution in [0.25, 0.3) is 17.2 Å². The first-order valence-corrected chi connectivity index (χ1v) is 11.3. The second-order valence-corrected chi connectivity index (χ2v) is 8.83. The van der Waals surface area contributed by atoms with E-state index in [1.807, 2.05) is 13.8 Å². The maximum absolute atomic E-state index is 12.7. The lowest BCUT2D eigenvalue weighted by Crippen LogP contribution is -2.41. The molecule has 0 bridgehead atoms. The number of nitrogens with one attached hydrogen (secondary N) is 1. The van der Waals surface area contributed by atoms with E-state index in [4.69, 9.17) is 0 Å². The number of amides is 1. The Bertz CT molecular complexity index is 1160. The third-order valence-corrected chi connectivity index (χ3v) is 5.61. The molecular formula is C22H27F3N8O2. The topological polar surface area (TPSA) is 114 Å². The minimum atomic E-state index is -4.26. The van der Waals surface area contributed by atoms with Gasteiger partial charge in [-0.15, -0.1) is 0 Å². The normalized spacial score (nSPS) is 14.1. The van der Waals surface area contributed by atoms with Crippen LogP contribution in [-0.2, 0) is 11.3 Å². The molecule has 35 heavy (non-hydrogen) atoms. The number of rotatable bonds is 10. The van der Waals surface area contributed by atoms with Crippen LogP contribution in [0.2, 0.25) is 0 Å². The van der Waals surface area contributed by atoms with Crippen molar-refractivity contribution in [3.63, 3.8) is 0 Å². The predicted octanol–water partition coefficient (Wildman–Crippen LogP) is 2.50. The van der Waals surface area contributed by atoms with E-state index in [2.05, 4.69) is 25.4 Å². The molecule has 0 aliphatic heterocycles. The summed E-state index contributed by atoms with van der Waals surface area (Å²) in [5, 5.41) is 17.4. The van der Waals surface area contributed by atoms with Crippen LogP contribution in [-0.4, -0.2) is 77.1 Å². The largest absolute Gasteiger partial charge is 0.493 e. The Morgan fingerprint density at radius 2 is 2.09 bits per heavy atom. The quantitative estimate of drug-likeness (QED) is 0.447. The van der Waals surface area contributed by atoms with E-state index in [0.29, 0.717) is 16.8 Å². The number of hydrogen-bond donors (Lipinski definition) is 2. The first kappa shape index (κ1) is 24.6. The summed E-state index contributed by atoms with van der Waals surface area (Å²) in [6.45, 7) is 2.98. The fraction of sp³-hybridized carbons (Fsp3) is 0.500. The molecule has 1 fully saturated rings. The third kappa shape index (κ3) is 6.35. The maximum Gasteiger partial charge on any atom is 0.401 e. The number of halogens is 3. The molecule has 0 spiro atoms. The number of hydrogen-bond acceptors (Lipinski definition) is 7. The summed E-state index contributed by atoms with van der Waals surface area (Å²) in [7, 11) is 0. The average molecular weight is 493 g/mol. The summed E-state index contributed by atoms with van der Waals surface area (Å²) in [5.41, 5.74) is 1.61. The highest BCUT2D eigenvalue weighted by atomic mass is 19.4. The molecule has 3 heterocycles. The van der Waals surface area contributed by atoms with Gasteiger partial charge in [0, 0.05) is 48.8 Å². The Morgan fingerprint density at radius 3 is 2.71 bits per heavy atom. The van der Waals surface area contributed by atoms with Crippen molar-refractivity contribution >= 4 is 5.91 Å². The van der Waals surface area contributed by atoms with Crippen LogP contribution in [0.4, 0.5) is 13.2 Å². The van der Waals surface area contributed by atoms with E-state index in [-0.39, 0.29) is 49.3 Å². The SMILES string of the molecule is CC(C)c1c(O)nc(-n2ccnc2)nc1-c1cnn(CC(=O)NCCN(CC(F)(F)F)C2CC2)c1. The summed E-state index contributed by atoms with van der Waals surface area (Å²) in [5.74, 6) is -0.363. The van der Waals surface area contributed by atoms with Gasteiger partial charge in [-0.05, 0) is 18.8 Å². The van der Waals surface area contributed by atoms with Crippen LogP contribution in [0, 0.1) is 0 Å². The summed E-state index contributed by atoms with van der Waals surface area (Å²) in [6.07, 6.45) is 5.14. The summed E-state index contributed by atoms with van der Waals surface area (Å²) >= 11 is 0. The molecule has 1 aliphatic rings. The van der Waals surface area contributed by atoms with Gasteiger partial charge in [-0.25, -0.2) is 9.97 Å². The van der Waals surface area contributed by atoms with Crippen LogP contribution in [0.5, 0.6) is 5.88 Å². The van der Waals surface area contributed by atoms with Crippen molar-refractivity contribution in [1.29, 1.82) is 0 Å². The summed E-state index contributed by atoms with van der Waals surface area (Å²) in [6, 6.07) is -0.0613. The molecule has 3 aromatic rings. The zero-order valence-electron chi connectivity index (χ0n) is 19.4. The molecule has 2 N–H and O–H groups in total. The fourth-order valence-electron chi connectivity index (χ4n) is 3.87. The predicted molar refractivity (Wildman–Crippen MR) is 120 cm³/mol. The number of carbonyl (C=O) groups is 1. The molecule has 0 aromatic carbocycles. The highest BCUT2D eigenvalue weighted by molar-refractivity contribution is 5.76.